The third-order valence-electron chi connectivity index (χ3n) is 2.69. The van der Waals surface area contributed by atoms with Crippen molar-refractivity contribution < 1.29 is 14.2 Å². The first-order valence-corrected chi connectivity index (χ1v) is 5.25. The van der Waals surface area contributed by atoms with Gasteiger partial charge in [0.1, 0.15) is 17.3 Å². The van der Waals surface area contributed by atoms with Crippen LogP contribution in [-0.4, -0.2) is 12.2 Å². The number of hydrogen-bond acceptors (Lipinski definition) is 2. The Hall–Kier alpha value is -2.03. The van der Waals surface area contributed by atoms with Gasteiger partial charge in [0.25, 0.3) is 0 Å². The molecule has 0 heterocycles. The van der Waals surface area contributed by atoms with Gasteiger partial charge in [-0.3, -0.25) is 0 Å². The van der Waals surface area contributed by atoms with Crippen molar-refractivity contribution in [2.45, 2.75) is 6.92 Å². The molecule has 17 heavy (non-hydrogen) atoms. The van der Waals surface area contributed by atoms with Gasteiger partial charge in [0.05, 0.1) is 7.11 Å². The molecular weight excluding hydrogens is 219 g/mol. The molecule has 2 rings (SSSR count). The lowest BCUT2D eigenvalue weighted by Gasteiger charge is -2.08. The van der Waals surface area contributed by atoms with Crippen LogP contribution in [-0.2, 0) is 0 Å². The number of benzene rings is 2. The molecule has 0 fully saturated rings. The molecule has 1 N–H and O–H groups in total. The maximum atomic E-state index is 13.5. The van der Waals surface area contributed by atoms with Gasteiger partial charge in [-0.2, -0.15) is 0 Å². The molecule has 2 aromatic carbocycles. The largest absolute Gasteiger partial charge is 0.507 e. The summed E-state index contributed by atoms with van der Waals surface area (Å²) in [6.45, 7) is 1.70. The van der Waals surface area contributed by atoms with Crippen molar-refractivity contribution in [3.63, 3.8) is 0 Å². The molecule has 0 radical (unpaired) electrons. The molecular formula is C14H13FO2. The van der Waals surface area contributed by atoms with Gasteiger partial charge in [-0.05, 0) is 42.3 Å². The highest BCUT2D eigenvalue weighted by Crippen LogP contribution is 2.33. The van der Waals surface area contributed by atoms with E-state index < -0.39 is 0 Å². The molecule has 0 saturated heterocycles. The molecule has 2 nitrogen and oxygen atoms in total. The van der Waals surface area contributed by atoms with E-state index in [1.54, 1.807) is 38.3 Å². The molecule has 3 heteroatoms. The van der Waals surface area contributed by atoms with Gasteiger partial charge < -0.3 is 9.84 Å². The molecule has 88 valence electrons. The summed E-state index contributed by atoms with van der Waals surface area (Å²) in [5.74, 6) is 0.442. The Bertz CT molecular complexity index is 550. The minimum absolute atomic E-state index is 0.106. The maximum Gasteiger partial charge on any atom is 0.126 e. The van der Waals surface area contributed by atoms with Gasteiger partial charge in [0, 0.05) is 5.56 Å². The van der Waals surface area contributed by atoms with Crippen LogP contribution in [0.15, 0.2) is 36.4 Å². The van der Waals surface area contributed by atoms with Crippen LogP contribution in [0.4, 0.5) is 4.39 Å². The van der Waals surface area contributed by atoms with Crippen molar-refractivity contribution in [1.82, 2.24) is 0 Å². The van der Waals surface area contributed by atoms with E-state index in [4.69, 9.17) is 4.74 Å². The van der Waals surface area contributed by atoms with Crippen LogP contribution >= 0.6 is 0 Å². The standard InChI is InChI=1S/C14H13FO2/c1-9-3-4-10(7-13(9)15)12-8-11(17-2)5-6-14(12)16/h3-8,16H,1-2H3. The zero-order chi connectivity index (χ0) is 12.4. The molecule has 2 aromatic rings. The highest BCUT2D eigenvalue weighted by molar-refractivity contribution is 5.71. The number of methoxy groups -OCH3 is 1. The number of phenolic OH excluding ortho intramolecular Hbond substituents is 1. The predicted molar refractivity (Wildman–Crippen MR) is 64.8 cm³/mol. The fraction of sp³-hybridized carbons (Fsp3) is 0.143. The molecule has 0 aliphatic rings. The molecule has 0 aliphatic carbocycles. The SMILES string of the molecule is COc1ccc(O)c(-c2ccc(C)c(F)c2)c1. The predicted octanol–water partition coefficient (Wildman–Crippen LogP) is 3.52. The third-order valence-corrected chi connectivity index (χ3v) is 2.69. The van der Waals surface area contributed by atoms with Crippen LogP contribution in [0.2, 0.25) is 0 Å². The van der Waals surface area contributed by atoms with Crippen LogP contribution < -0.4 is 4.74 Å². The number of aromatic hydroxyl groups is 1. The molecule has 0 atom stereocenters. The molecule has 0 aliphatic heterocycles. The summed E-state index contributed by atoms with van der Waals surface area (Å²) in [6, 6.07) is 9.73. The van der Waals surface area contributed by atoms with E-state index in [-0.39, 0.29) is 11.6 Å². The normalized spacial score (nSPS) is 10.3. The quantitative estimate of drug-likeness (QED) is 0.858. The van der Waals surface area contributed by atoms with Crippen molar-refractivity contribution in [2.75, 3.05) is 7.11 Å². The van der Waals surface area contributed by atoms with E-state index in [2.05, 4.69) is 0 Å². The van der Waals surface area contributed by atoms with Crippen molar-refractivity contribution in [3.8, 4) is 22.6 Å². The van der Waals surface area contributed by atoms with E-state index in [1.807, 2.05) is 0 Å². The average molecular weight is 232 g/mol. The second-order valence-electron chi connectivity index (χ2n) is 3.85. The highest BCUT2D eigenvalue weighted by Gasteiger charge is 2.08. The summed E-state index contributed by atoms with van der Waals surface area (Å²) in [6.07, 6.45) is 0. The Morgan fingerprint density at radius 2 is 1.88 bits per heavy atom. The second kappa shape index (κ2) is 4.45. The van der Waals surface area contributed by atoms with Crippen LogP contribution in [0.3, 0.4) is 0 Å². The van der Waals surface area contributed by atoms with Gasteiger partial charge in [0.15, 0.2) is 0 Å². The summed E-state index contributed by atoms with van der Waals surface area (Å²) < 4.78 is 18.5. The first kappa shape index (κ1) is 11.5. The first-order valence-electron chi connectivity index (χ1n) is 5.25. The molecule has 0 saturated carbocycles. The fourth-order valence-electron chi connectivity index (χ4n) is 1.63. The summed E-state index contributed by atoms with van der Waals surface area (Å²) in [5.41, 5.74) is 1.77. The van der Waals surface area contributed by atoms with Crippen molar-refractivity contribution >= 4 is 0 Å². The Kier molecular flexibility index (Phi) is 3.00. The van der Waals surface area contributed by atoms with Crippen LogP contribution in [0.5, 0.6) is 11.5 Å². The average Bonchev–Trinajstić information content (AvgIpc) is 2.33. The zero-order valence-electron chi connectivity index (χ0n) is 9.70. The van der Waals surface area contributed by atoms with Crippen molar-refractivity contribution in [1.29, 1.82) is 0 Å². The van der Waals surface area contributed by atoms with E-state index in [0.29, 0.717) is 22.4 Å². The van der Waals surface area contributed by atoms with Gasteiger partial charge in [-0.25, -0.2) is 4.39 Å². The van der Waals surface area contributed by atoms with Gasteiger partial charge >= 0.3 is 0 Å². The van der Waals surface area contributed by atoms with E-state index in [1.165, 1.54) is 12.1 Å². The second-order valence-corrected chi connectivity index (χ2v) is 3.85. The Labute approximate surface area is 99.3 Å². The van der Waals surface area contributed by atoms with Gasteiger partial charge in [0.2, 0.25) is 0 Å². The number of rotatable bonds is 2. The molecule has 0 bridgehead atoms. The molecule has 0 unspecified atom stereocenters. The van der Waals surface area contributed by atoms with Crippen LogP contribution in [0.25, 0.3) is 11.1 Å². The Balaban J connectivity index is 2.55. The van der Waals surface area contributed by atoms with Gasteiger partial charge in [-0.15, -0.1) is 0 Å². The number of halogens is 1. The van der Waals surface area contributed by atoms with E-state index in [0.717, 1.165) is 0 Å². The number of hydrogen-bond donors (Lipinski definition) is 1. The summed E-state index contributed by atoms with van der Waals surface area (Å²) in [5, 5.41) is 9.77. The summed E-state index contributed by atoms with van der Waals surface area (Å²) >= 11 is 0. The number of aryl methyl sites for hydroxylation is 1. The highest BCUT2D eigenvalue weighted by atomic mass is 19.1. The number of ether oxygens (including phenoxy) is 1. The summed E-state index contributed by atoms with van der Waals surface area (Å²) in [4.78, 5) is 0. The lowest BCUT2D eigenvalue weighted by Crippen LogP contribution is -1.87. The van der Waals surface area contributed by atoms with E-state index in [9.17, 15) is 9.50 Å². The fourth-order valence-corrected chi connectivity index (χ4v) is 1.63. The topological polar surface area (TPSA) is 29.5 Å². The monoisotopic (exact) mass is 232 g/mol. The lowest BCUT2D eigenvalue weighted by molar-refractivity contribution is 0.412. The minimum atomic E-state index is -0.287. The lowest BCUT2D eigenvalue weighted by atomic mass is 10.0. The Morgan fingerprint density at radius 3 is 2.53 bits per heavy atom. The molecule has 0 aromatic heterocycles. The van der Waals surface area contributed by atoms with E-state index >= 15 is 0 Å². The molecule has 0 amide bonds. The minimum Gasteiger partial charge on any atom is -0.507 e. The van der Waals surface area contributed by atoms with Crippen molar-refractivity contribution in [2.24, 2.45) is 0 Å². The van der Waals surface area contributed by atoms with Gasteiger partial charge in [-0.1, -0.05) is 12.1 Å². The maximum absolute atomic E-state index is 13.5. The molecule has 0 spiro atoms. The zero-order valence-corrected chi connectivity index (χ0v) is 9.70. The Morgan fingerprint density at radius 1 is 1.12 bits per heavy atom. The number of phenols is 1. The third kappa shape index (κ3) is 2.23. The smallest absolute Gasteiger partial charge is 0.126 e. The summed E-state index contributed by atoms with van der Waals surface area (Å²) in [7, 11) is 1.55. The van der Waals surface area contributed by atoms with Crippen LogP contribution in [0.1, 0.15) is 5.56 Å². The van der Waals surface area contributed by atoms with Crippen LogP contribution in [0, 0.1) is 12.7 Å². The first-order chi connectivity index (χ1) is 8.11. The van der Waals surface area contributed by atoms with Crippen molar-refractivity contribution in [3.05, 3.63) is 47.8 Å².